The van der Waals surface area contributed by atoms with E-state index in [4.69, 9.17) is 4.74 Å². The van der Waals surface area contributed by atoms with Gasteiger partial charge in [0.25, 0.3) is 5.91 Å². The molecule has 0 saturated heterocycles. The van der Waals surface area contributed by atoms with Gasteiger partial charge in [-0.2, -0.15) is 0 Å². The normalized spacial score (nSPS) is 11.8. The van der Waals surface area contributed by atoms with Crippen LogP contribution in [0.15, 0.2) is 61.1 Å². The minimum atomic E-state index is -0.227. The Hall–Kier alpha value is -4.08. The number of rotatable bonds is 10. The Morgan fingerprint density at radius 1 is 1.07 bits per heavy atom. The van der Waals surface area contributed by atoms with Crippen molar-refractivity contribution in [3.8, 4) is 22.7 Å². The number of hydrogen-bond acceptors (Lipinski definition) is 7. The van der Waals surface area contributed by atoms with Crippen LogP contribution in [0.5, 0.6) is 5.75 Å². The number of likely N-dealkylation sites (N-methyl/N-ethyl adjacent to an activating group) is 2. The van der Waals surface area contributed by atoms with Gasteiger partial charge in [0, 0.05) is 48.7 Å². The SMILES string of the molecule is COc1c(CN(C)CCN(C)C)cc(C(C)(C)C)cc1NC(=O)c1ccc(C)c(-n2cc(-c3cccnc3)nn2)c1. The van der Waals surface area contributed by atoms with Crippen molar-refractivity contribution in [3.63, 3.8) is 0 Å². The van der Waals surface area contributed by atoms with Crippen LogP contribution in [0, 0.1) is 6.92 Å². The number of aromatic nitrogens is 4. The maximum Gasteiger partial charge on any atom is 0.255 e. The Bertz CT molecular complexity index is 1490. The van der Waals surface area contributed by atoms with E-state index < -0.39 is 0 Å². The molecule has 216 valence electrons. The molecule has 9 nitrogen and oxygen atoms in total. The lowest BCUT2D eigenvalue weighted by Gasteiger charge is -2.26. The van der Waals surface area contributed by atoms with Crippen molar-refractivity contribution < 1.29 is 9.53 Å². The molecule has 0 fully saturated rings. The van der Waals surface area contributed by atoms with Gasteiger partial charge in [0.05, 0.1) is 24.7 Å². The van der Waals surface area contributed by atoms with E-state index >= 15 is 0 Å². The average Bonchev–Trinajstić information content (AvgIpc) is 3.42. The number of carbonyl (C=O) groups excluding carboxylic acids is 1. The van der Waals surface area contributed by atoms with Crippen LogP contribution in [0.25, 0.3) is 16.9 Å². The Kier molecular flexibility index (Phi) is 9.20. The van der Waals surface area contributed by atoms with E-state index in [9.17, 15) is 4.79 Å². The summed E-state index contributed by atoms with van der Waals surface area (Å²) >= 11 is 0. The first-order chi connectivity index (χ1) is 19.5. The van der Waals surface area contributed by atoms with E-state index in [1.54, 1.807) is 24.2 Å². The number of nitrogens with one attached hydrogen (secondary N) is 1. The molecule has 1 N–H and O–H groups in total. The lowest BCUT2D eigenvalue weighted by atomic mass is 9.85. The van der Waals surface area contributed by atoms with Crippen LogP contribution in [0.2, 0.25) is 0 Å². The molecule has 9 heteroatoms. The fourth-order valence-electron chi connectivity index (χ4n) is 4.53. The summed E-state index contributed by atoms with van der Waals surface area (Å²) in [7, 11) is 7.89. The van der Waals surface area contributed by atoms with Crippen molar-refractivity contribution in [2.24, 2.45) is 0 Å². The molecule has 2 heterocycles. The first-order valence-corrected chi connectivity index (χ1v) is 13.8. The van der Waals surface area contributed by atoms with E-state index in [1.165, 1.54) is 0 Å². The molecule has 2 aromatic carbocycles. The second kappa shape index (κ2) is 12.6. The highest BCUT2D eigenvalue weighted by Gasteiger charge is 2.22. The topological polar surface area (TPSA) is 88.4 Å². The number of amides is 1. The summed E-state index contributed by atoms with van der Waals surface area (Å²) in [6.07, 6.45) is 5.31. The molecule has 0 atom stereocenters. The summed E-state index contributed by atoms with van der Waals surface area (Å²) in [5.74, 6) is 0.447. The zero-order valence-electron chi connectivity index (χ0n) is 25.4. The van der Waals surface area contributed by atoms with E-state index in [2.05, 4.69) is 78.4 Å². The number of aryl methyl sites for hydroxylation is 1. The minimum Gasteiger partial charge on any atom is -0.494 e. The summed E-state index contributed by atoms with van der Waals surface area (Å²) in [6, 6.07) is 13.6. The van der Waals surface area contributed by atoms with Crippen LogP contribution in [-0.4, -0.2) is 77.0 Å². The Labute approximate surface area is 243 Å². The number of ether oxygens (including phenoxy) is 1. The van der Waals surface area contributed by atoms with Crippen molar-refractivity contribution in [2.45, 2.75) is 39.7 Å². The maximum atomic E-state index is 13.6. The monoisotopic (exact) mass is 555 g/mol. The van der Waals surface area contributed by atoms with Crippen LogP contribution >= 0.6 is 0 Å². The van der Waals surface area contributed by atoms with E-state index in [0.717, 1.165) is 41.0 Å². The molecule has 0 aliphatic carbocycles. The van der Waals surface area contributed by atoms with Crippen molar-refractivity contribution >= 4 is 11.6 Å². The van der Waals surface area contributed by atoms with Gasteiger partial charge in [-0.25, -0.2) is 4.68 Å². The van der Waals surface area contributed by atoms with E-state index in [0.29, 0.717) is 29.2 Å². The standard InChI is InChI=1S/C32H41N7O2/c1-22-11-12-23(17-29(22)39-21-28(35-36-39)24-10-9-13-33-19-24)31(40)34-27-18-26(32(2,3)4)16-25(30(27)41-8)20-38(7)15-14-37(5)6/h9-13,16-19,21H,14-15,20H2,1-8H3,(H,34,40). The smallest absolute Gasteiger partial charge is 0.255 e. The lowest BCUT2D eigenvalue weighted by Crippen LogP contribution is -2.28. The summed E-state index contributed by atoms with van der Waals surface area (Å²) in [4.78, 5) is 22.2. The van der Waals surface area contributed by atoms with Crippen LogP contribution in [0.4, 0.5) is 5.69 Å². The highest BCUT2D eigenvalue weighted by atomic mass is 16.5. The fourth-order valence-corrected chi connectivity index (χ4v) is 4.53. The lowest BCUT2D eigenvalue weighted by molar-refractivity contribution is 0.102. The molecule has 0 radical (unpaired) electrons. The zero-order valence-corrected chi connectivity index (χ0v) is 25.4. The number of anilines is 1. The third-order valence-corrected chi connectivity index (χ3v) is 7.02. The molecular weight excluding hydrogens is 514 g/mol. The molecule has 0 aliphatic rings. The molecule has 1 amide bonds. The molecule has 0 aliphatic heterocycles. The molecule has 41 heavy (non-hydrogen) atoms. The number of hydrogen-bond donors (Lipinski definition) is 1. The molecule has 2 aromatic heterocycles. The van der Waals surface area contributed by atoms with Gasteiger partial charge in [0.1, 0.15) is 11.4 Å². The summed E-state index contributed by atoms with van der Waals surface area (Å²) in [5.41, 5.74) is 6.54. The van der Waals surface area contributed by atoms with Gasteiger partial charge >= 0.3 is 0 Å². The Morgan fingerprint density at radius 3 is 2.51 bits per heavy atom. The summed E-state index contributed by atoms with van der Waals surface area (Å²) < 4.78 is 7.58. The predicted molar refractivity (Wildman–Crippen MR) is 164 cm³/mol. The number of methoxy groups -OCH3 is 1. The molecule has 0 spiro atoms. The van der Waals surface area contributed by atoms with Gasteiger partial charge in [-0.15, -0.1) is 5.10 Å². The minimum absolute atomic E-state index is 0.112. The van der Waals surface area contributed by atoms with Crippen molar-refractivity contribution in [1.29, 1.82) is 0 Å². The second-order valence-electron chi connectivity index (χ2n) is 11.8. The van der Waals surface area contributed by atoms with Crippen molar-refractivity contribution in [1.82, 2.24) is 29.8 Å². The van der Waals surface area contributed by atoms with Gasteiger partial charge in [0.2, 0.25) is 0 Å². The van der Waals surface area contributed by atoms with E-state index in [1.807, 2.05) is 49.5 Å². The van der Waals surface area contributed by atoms with Gasteiger partial charge in [0.15, 0.2) is 0 Å². The van der Waals surface area contributed by atoms with Gasteiger partial charge in [-0.3, -0.25) is 9.78 Å². The third-order valence-electron chi connectivity index (χ3n) is 7.02. The van der Waals surface area contributed by atoms with Crippen LogP contribution in [-0.2, 0) is 12.0 Å². The highest BCUT2D eigenvalue weighted by Crippen LogP contribution is 2.36. The first kappa shape index (κ1) is 29.9. The maximum absolute atomic E-state index is 13.6. The predicted octanol–water partition coefficient (Wildman–Crippen LogP) is 5.19. The largest absolute Gasteiger partial charge is 0.494 e. The molecule has 4 aromatic rings. The number of benzene rings is 2. The quantitative estimate of drug-likeness (QED) is 0.288. The Morgan fingerprint density at radius 2 is 1.85 bits per heavy atom. The fraction of sp³-hybridized carbons (Fsp3) is 0.375. The highest BCUT2D eigenvalue weighted by molar-refractivity contribution is 6.05. The van der Waals surface area contributed by atoms with Crippen molar-refractivity contribution in [3.05, 3.63) is 83.3 Å². The average molecular weight is 556 g/mol. The first-order valence-electron chi connectivity index (χ1n) is 13.8. The molecule has 4 rings (SSSR count). The number of nitrogens with zero attached hydrogens (tertiary/aromatic N) is 6. The zero-order chi connectivity index (χ0) is 29.7. The van der Waals surface area contributed by atoms with Gasteiger partial charge in [-0.1, -0.05) is 38.1 Å². The van der Waals surface area contributed by atoms with Gasteiger partial charge < -0.3 is 19.9 Å². The molecular formula is C32H41N7O2. The molecule has 0 bridgehead atoms. The van der Waals surface area contributed by atoms with Crippen molar-refractivity contribution in [2.75, 3.05) is 46.7 Å². The number of carbonyl (C=O) groups is 1. The van der Waals surface area contributed by atoms with Crippen LogP contribution < -0.4 is 10.1 Å². The molecule has 0 unspecified atom stereocenters. The van der Waals surface area contributed by atoms with Gasteiger partial charge in [-0.05, 0) is 74.9 Å². The van der Waals surface area contributed by atoms with Crippen LogP contribution in [0.3, 0.4) is 0 Å². The van der Waals surface area contributed by atoms with E-state index in [-0.39, 0.29) is 11.3 Å². The summed E-state index contributed by atoms with van der Waals surface area (Å²) in [6.45, 7) is 11.1. The number of pyridine rings is 1. The van der Waals surface area contributed by atoms with Crippen LogP contribution in [0.1, 0.15) is 47.8 Å². The second-order valence-corrected chi connectivity index (χ2v) is 11.8. The Balaban J connectivity index is 1.65. The molecule has 0 saturated carbocycles. The third kappa shape index (κ3) is 7.36. The summed E-state index contributed by atoms with van der Waals surface area (Å²) in [5, 5.41) is 11.8.